The predicted octanol–water partition coefficient (Wildman–Crippen LogP) is 6.64. The fraction of sp³-hybridized carbons (Fsp3) is 0.882. The van der Waals surface area contributed by atoms with Crippen LogP contribution in [0.5, 0.6) is 0 Å². The summed E-state index contributed by atoms with van der Waals surface area (Å²) in [5.41, 5.74) is 0. The van der Waals surface area contributed by atoms with Gasteiger partial charge in [0.05, 0.1) is 0 Å². The van der Waals surface area contributed by atoms with E-state index in [0.29, 0.717) is 0 Å². The second-order valence-corrected chi connectivity index (χ2v) is 21.6. The van der Waals surface area contributed by atoms with Crippen LogP contribution in [0.25, 0.3) is 0 Å². The van der Waals surface area contributed by atoms with E-state index in [0.717, 1.165) is 5.92 Å². The molecule has 0 amide bonds. The maximum atomic E-state index is 2.70. The summed E-state index contributed by atoms with van der Waals surface area (Å²) in [5, 5.41) is 0. The molecule has 0 N–H and O–H groups in total. The van der Waals surface area contributed by atoms with Crippen molar-refractivity contribution in [3.05, 3.63) is 9.00 Å². The molecule has 1 atom stereocenters. The van der Waals surface area contributed by atoms with Crippen molar-refractivity contribution in [2.75, 3.05) is 5.75 Å². The van der Waals surface area contributed by atoms with E-state index in [2.05, 4.69) is 45.5 Å². The van der Waals surface area contributed by atoms with Gasteiger partial charge in [0.1, 0.15) is 0 Å². The molecular formula is C17H34SSn. The summed E-state index contributed by atoms with van der Waals surface area (Å²) in [5.74, 6) is 2.22. The molecule has 112 valence electrons. The van der Waals surface area contributed by atoms with Gasteiger partial charge in [0.15, 0.2) is 0 Å². The quantitative estimate of drug-likeness (QED) is 0.378. The van der Waals surface area contributed by atoms with Gasteiger partial charge in [0.25, 0.3) is 0 Å². The van der Waals surface area contributed by atoms with Gasteiger partial charge in [-0.1, -0.05) is 0 Å². The Hall–Kier alpha value is 0.889. The minimum absolute atomic E-state index is 0.848. The van der Waals surface area contributed by atoms with Gasteiger partial charge >= 0.3 is 130 Å². The van der Waals surface area contributed by atoms with Crippen molar-refractivity contribution in [3.8, 4) is 0 Å². The van der Waals surface area contributed by atoms with E-state index < -0.39 is 18.4 Å². The van der Waals surface area contributed by atoms with E-state index in [-0.39, 0.29) is 0 Å². The van der Waals surface area contributed by atoms with Crippen LogP contribution in [-0.4, -0.2) is 24.1 Å². The zero-order chi connectivity index (χ0) is 14.1. The second-order valence-electron chi connectivity index (χ2n) is 6.41. The summed E-state index contributed by atoms with van der Waals surface area (Å²) >= 11 is 0.259. The SMILES string of the molecule is CCC[CH2][Sn]([CH2]CCC)([CH2]CCC)[C]1=CC(C)CS1. The van der Waals surface area contributed by atoms with Crippen molar-refractivity contribution < 1.29 is 0 Å². The molecule has 2 heteroatoms. The molecule has 1 aliphatic rings. The predicted molar refractivity (Wildman–Crippen MR) is 94.6 cm³/mol. The Balaban J connectivity index is 2.84. The van der Waals surface area contributed by atoms with Gasteiger partial charge in [-0.25, -0.2) is 0 Å². The fourth-order valence-corrected chi connectivity index (χ4v) is 24.7. The number of hydrogen-bond acceptors (Lipinski definition) is 1. The zero-order valence-corrected chi connectivity index (χ0v) is 17.3. The summed E-state index contributed by atoms with van der Waals surface area (Å²) in [6.45, 7) is 9.52. The first kappa shape index (κ1) is 17.9. The Morgan fingerprint density at radius 2 is 1.47 bits per heavy atom. The van der Waals surface area contributed by atoms with Gasteiger partial charge in [-0.15, -0.1) is 0 Å². The van der Waals surface area contributed by atoms with Crippen LogP contribution in [-0.2, 0) is 0 Å². The van der Waals surface area contributed by atoms with Gasteiger partial charge < -0.3 is 0 Å². The average molecular weight is 389 g/mol. The van der Waals surface area contributed by atoms with Crippen molar-refractivity contribution >= 4 is 30.1 Å². The van der Waals surface area contributed by atoms with Crippen LogP contribution in [0.3, 0.4) is 0 Å². The average Bonchev–Trinajstić information content (AvgIpc) is 2.85. The molecule has 1 unspecified atom stereocenters. The summed E-state index contributed by atoms with van der Waals surface area (Å²) in [6.07, 6.45) is 11.4. The fourth-order valence-electron chi connectivity index (χ4n) is 3.20. The molecule has 0 bridgehead atoms. The standard InChI is InChI=1S/C5H7S.3C4H9.Sn/c1-5-2-3-6-4-5;3*1-3-4-2;/h2,5H,4H2,1H3;3*1,3-4H2,2H3;. The third-order valence-corrected chi connectivity index (χ3v) is 24.4. The summed E-state index contributed by atoms with van der Waals surface area (Å²) in [6, 6.07) is 0. The van der Waals surface area contributed by atoms with Crippen LogP contribution in [0.15, 0.2) is 9.00 Å². The molecule has 0 fully saturated rings. The van der Waals surface area contributed by atoms with E-state index in [1.165, 1.54) is 44.3 Å². The van der Waals surface area contributed by atoms with Crippen molar-refractivity contribution in [3.63, 3.8) is 0 Å². The molecule has 0 spiro atoms. The molecule has 0 radical (unpaired) electrons. The molecule has 0 saturated heterocycles. The van der Waals surface area contributed by atoms with Crippen molar-refractivity contribution in [2.24, 2.45) is 5.92 Å². The monoisotopic (exact) mass is 390 g/mol. The van der Waals surface area contributed by atoms with Crippen LogP contribution in [0.4, 0.5) is 0 Å². The first-order chi connectivity index (χ1) is 9.18. The van der Waals surface area contributed by atoms with E-state index in [4.69, 9.17) is 0 Å². The van der Waals surface area contributed by atoms with Crippen LogP contribution in [0.1, 0.15) is 66.2 Å². The van der Waals surface area contributed by atoms with Crippen molar-refractivity contribution in [1.29, 1.82) is 0 Å². The number of unbranched alkanes of at least 4 members (excludes halogenated alkanes) is 3. The molecule has 0 aliphatic carbocycles. The van der Waals surface area contributed by atoms with Gasteiger partial charge in [-0.05, 0) is 0 Å². The molecule has 0 aromatic heterocycles. The molecule has 19 heavy (non-hydrogen) atoms. The molecule has 1 aliphatic heterocycles. The number of allylic oxidation sites excluding steroid dienone is 1. The van der Waals surface area contributed by atoms with E-state index in [9.17, 15) is 0 Å². The second kappa shape index (κ2) is 9.76. The van der Waals surface area contributed by atoms with Crippen LogP contribution < -0.4 is 0 Å². The minimum atomic E-state index is -2.00. The summed E-state index contributed by atoms with van der Waals surface area (Å²) in [7, 11) is 0. The number of rotatable bonds is 10. The Labute approximate surface area is 130 Å². The Bertz CT molecular complexity index is 251. The summed E-state index contributed by atoms with van der Waals surface area (Å²) < 4.78 is 6.88. The van der Waals surface area contributed by atoms with E-state index in [1.807, 2.05) is 2.92 Å². The normalized spacial score (nSPS) is 19.8. The molecule has 0 aromatic carbocycles. The molecule has 1 rings (SSSR count). The third-order valence-electron chi connectivity index (χ3n) is 4.49. The van der Waals surface area contributed by atoms with Gasteiger partial charge in [0.2, 0.25) is 0 Å². The first-order valence-corrected chi connectivity index (χ1v) is 17.0. The molecular weight excluding hydrogens is 355 g/mol. The maximum absolute atomic E-state index is 2.70. The van der Waals surface area contributed by atoms with E-state index >= 15 is 0 Å². The Kier molecular flexibility index (Phi) is 9.21. The van der Waals surface area contributed by atoms with Crippen molar-refractivity contribution in [2.45, 2.75) is 79.5 Å². The van der Waals surface area contributed by atoms with Gasteiger partial charge in [0, 0.05) is 0 Å². The van der Waals surface area contributed by atoms with Crippen LogP contribution >= 0.6 is 11.8 Å². The third kappa shape index (κ3) is 5.65. The Morgan fingerprint density at radius 1 is 1.00 bits per heavy atom. The number of hydrogen-bond donors (Lipinski definition) is 0. The van der Waals surface area contributed by atoms with Crippen LogP contribution in [0.2, 0.25) is 13.3 Å². The van der Waals surface area contributed by atoms with Crippen LogP contribution in [0, 0.1) is 5.92 Å². The first-order valence-electron chi connectivity index (χ1n) is 8.53. The Morgan fingerprint density at radius 3 is 1.79 bits per heavy atom. The zero-order valence-electron chi connectivity index (χ0n) is 13.6. The van der Waals surface area contributed by atoms with Gasteiger partial charge in [-0.3, -0.25) is 0 Å². The molecule has 1 heterocycles. The molecule has 0 nitrogen and oxygen atoms in total. The molecule has 0 saturated carbocycles. The number of thioether (sulfide) groups is 1. The summed E-state index contributed by atoms with van der Waals surface area (Å²) in [4.78, 5) is 0. The van der Waals surface area contributed by atoms with Crippen molar-refractivity contribution in [1.82, 2.24) is 0 Å². The van der Waals surface area contributed by atoms with Gasteiger partial charge in [-0.2, -0.15) is 0 Å². The van der Waals surface area contributed by atoms with E-state index in [1.54, 1.807) is 13.3 Å². The molecule has 0 aromatic rings. The topological polar surface area (TPSA) is 0 Å².